The van der Waals surface area contributed by atoms with Crippen molar-refractivity contribution in [1.29, 1.82) is 0 Å². The summed E-state index contributed by atoms with van der Waals surface area (Å²) >= 11 is 3.37. The highest BCUT2D eigenvalue weighted by Crippen LogP contribution is 2.42. The molecule has 0 radical (unpaired) electrons. The Labute approximate surface area is 92.0 Å². The fourth-order valence-corrected chi connectivity index (χ4v) is 2.12. The van der Waals surface area contributed by atoms with Gasteiger partial charge in [0, 0.05) is 24.4 Å². The largest absolute Gasteiger partial charge is 0.385 e. The van der Waals surface area contributed by atoms with Crippen LogP contribution >= 0.6 is 15.9 Å². The molecule has 1 fully saturated rings. The molecule has 0 unspecified atom stereocenters. The topological polar surface area (TPSA) is 29.5 Å². The van der Waals surface area contributed by atoms with Gasteiger partial charge in [0.05, 0.1) is 11.7 Å². The second-order valence-corrected chi connectivity index (χ2v) is 4.72. The SMILES string of the molecule is COC1CC(O)(c2ccc(Br)cc2)C1. The summed E-state index contributed by atoms with van der Waals surface area (Å²) in [5.41, 5.74) is 0.315. The van der Waals surface area contributed by atoms with Crippen molar-refractivity contribution in [3.63, 3.8) is 0 Å². The van der Waals surface area contributed by atoms with Gasteiger partial charge in [0.2, 0.25) is 0 Å². The fraction of sp³-hybridized carbons (Fsp3) is 0.455. The van der Waals surface area contributed by atoms with Crippen LogP contribution < -0.4 is 0 Å². The molecule has 76 valence electrons. The third-order valence-electron chi connectivity index (χ3n) is 2.85. The summed E-state index contributed by atoms with van der Waals surface area (Å²) in [7, 11) is 1.69. The first kappa shape index (κ1) is 10.1. The highest BCUT2D eigenvalue weighted by atomic mass is 79.9. The van der Waals surface area contributed by atoms with E-state index in [1.54, 1.807) is 7.11 Å². The van der Waals surface area contributed by atoms with E-state index in [0.29, 0.717) is 12.8 Å². The molecule has 2 nitrogen and oxygen atoms in total. The highest BCUT2D eigenvalue weighted by molar-refractivity contribution is 9.10. The summed E-state index contributed by atoms with van der Waals surface area (Å²) in [5.74, 6) is 0. The van der Waals surface area contributed by atoms with Gasteiger partial charge in [-0.2, -0.15) is 0 Å². The van der Waals surface area contributed by atoms with Crippen LogP contribution in [-0.2, 0) is 10.3 Å². The first-order valence-electron chi connectivity index (χ1n) is 4.65. The maximum absolute atomic E-state index is 10.2. The smallest absolute Gasteiger partial charge is 0.0946 e. The average Bonchev–Trinajstić information content (AvgIpc) is 2.14. The molecule has 2 rings (SSSR count). The lowest BCUT2D eigenvalue weighted by Crippen LogP contribution is -2.45. The number of aliphatic hydroxyl groups is 1. The zero-order chi connectivity index (χ0) is 10.2. The van der Waals surface area contributed by atoms with Crippen LogP contribution in [0.2, 0.25) is 0 Å². The number of hydrogen-bond acceptors (Lipinski definition) is 2. The van der Waals surface area contributed by atoms with Crippen LogP contribution in [0.25, 0.3) is 0 Å². The number of halogens is 1. The monoisotopic (exact) mass is 256 g/mol. The van der Waals surface area contributed by atoms with Crippen LogP contribution in [0.4, 0.5) is 0 Å². The third-order valence-corrected chi connectivity index (χ3v) is 3.37. The lowest BCUT2D eigenvalue weighted by Gasteiger charge is -2.43. The Morgan fingerprint density at radius 1 is 1.36 bits per heavy atom. The van der Waals surface area contributed by atoms with Gasteiger partial charge in [-0.25, -0.2) is 0 Å². The van der Waals surface area contributed by atoms with Crippen LogP contribution in [0.3, 0.4) is 0 Å². The van der Waals surface area contributed by atoms with Crippen molar-refractivity contribution in [3.8, 4) is 0 Å². The van der Waals surface area contributed by atoms with Crippen LogP contribution in [-0.4, -0.2) is 18.3 Å². The third kappa shape index (κ3) is 1.72. The molecule has 1 aliphatic carbocycles. The van der Waals surface area contributed by atoms with E-state index in [9.17, 15) is 5.11 Å². The predicted molar refractivity (Wildman–Crippen MR) is 58.1 cm³/mol. The molecule has 0 amide bonds. The van der Waals surface area contributed by atoms with Gasteiger partial charge in [-0.15, -0.1) is 0 Å². The van der Waals surface area contributed by atoms with Gasteiger partial charge in [0.1, 0.15) is 0 Å². The van der Waals surface area contributed by atoms with Crippen molar-refractivity contribution in [2.45, 2.75) is 24.5 Å². The van der Waals surface area contributed by atoms with Crippen molar-refractivity contribution in [3.05, 3.63) is 34.3 Å². The van der Waals surface area contributed by atoms with E-state index >= 15 is 0 Å². The Kier molecular flexibility index (Phi) is 2.64. The lowest BCUT2D eigenvalue weighted by atomic mass is 9.73. The summed E-state index contributed by atoms with van der Waals surface area (Å²) in [5, 5.41) is 10.2. The molecule has 0 bridgehead atoms. The van der Waals surface area contributed by atoms with Crippen LogP contribution in [0.5, 0.6) is 0 Å². The minimum atomic E-state index is -0.665. The van der Waals surface area contributed by atoms with Crippen molar-refractivity contribution >= 4 is 15.9 Å². The van der Waals surface area contributed by atoms with E-state index in [-0.39, 0.29) is 6.10 Å². The molecule has 1 aliphatic rings. The van der Waals surface area contributed by atoms with Crippen LogP contribution in [0.1, 0.15) is 18.4 Å². The van der Waals surface area contributed by atoms with Gasteiger partial charge in [-0.3, -0.25) is 0 Å². The Balaban J connectivity index is 2.13. The molecule has 14 heavy (non-hydrogen) atoms. The van der Waals surface area contributed by atoms with Gasteiger partial charge >= 0.3 is 0 Å². The fourth-order valence-electron chi connectivity index (χ4n) is 1.86. The standard InChI is InChI=1S/C11H13BrO2/c1-14-10-6-11(13,7-10)8-2-4-9(12)5-3-8/h2-5,10,13H,6-7H2,1H3. The number of rotatable bonds is 2. The van der Waals surface area contributed by atoms with E-state index in [2.05, 4.69) is 15.9 Å². The first-order valence-corrected chi connectivity index (χ1v) is 5.44. The van der Waals surface area contributed by atoms with E-state index in [1.165, 1.54) is 0 Å². The maximum atomic E-state index is 10.2. The van der Waals surface area contributed by atoms with Crippen LogP contribution in [0.15, 0.2) is 28.7 Å². The summed E-state index contributed by atoms with van der Waals surface area (Å²) < 4.78 is 6.19. The molecular weight excluding hydrogens is 244 g/mol. The first-order chi connectivity index (χ1) is 6.64. The van der Waals surface area contributed by atoms with Gasteiger partial charge in [0.15, 0.2) is 0 Å². The summed E-state index contributed by atoms with van der Waals surface area (Å²) in [6.07, 6.45) is 1.61. The quantitative estimate of drug-likeness (QED) is 0.881. The molecule has 0 aliphatic heterocycles. The molecule has 0 spiro atoms. The molecule has 1 N–H and O–H groups in total. The number of hydrogen-bond donors (Lipinski definition) is 1. The molecule has 1 aromatic rings. The molecule has 0 aromatic heterocycles. The zero-order valence-corrected chi connectivity index (χ0v) is 9.62. The van der Waals surface area contributed by atoms with Crippen molar-refractivity contribution in [2.75, 3.05) is 7.11 Å². The number of ether oxygens (including phenoxy) is 1. The summed E-state index contributed by atoms with van der Waals surface area (Å²) in [4.78, 5) is 0. The van der Waals surface area contributed by atoms with E-state index in [4.69, 9.17) is 4.74 Å². The maximum Gasteiger partial charge on any atom is 0.0946 e. The summed E-state index contributed by atoms with van der Waals surface area (Å²) in [6, 6.07) is 7.81. The Hall–Kier alpha value is -0.380. The predicted octanol–water partition coefficient (Wildman–Crippen LogP) is 2.45. The lowest BCUT2D eigenvalue weighted by molar-refractivity contribution is -0.133. The summed E-state index contributed by atoms with van der Waals surface area (Å²) in [6.45, 7) is 0. The minimum absolute atomic E-state index is 0.212. The van der Waals surface area contributed by atoms with Crippen LogP contribution in [0, 0.1) is 0 Å². The molecule has 0 heterocycles. The zero-order valence-electron chi connectivity index (χ0n) is 8.03. The molecule has 3 heteroatoms. The van der Waals surface area contributed by atoms with Gasteiger partial charge in [0.25, 0.3) is 0 Å². The van der Waals surface area contributed by atoms with Crippen molar-refractivity contribution in [1.82, 2.24) is 0 Å². The number of methoxy groups -OCH3 is 1. The molecule has 0 atom stereocenters. The second kappa shape index (κ2) is 3.65. The normalized spacial score (nSPS) is 31.2. The van der Waals surface area contributed by atoms with Gasteiger partial charge in [-0.1, -0.05) is 28.1 Å². The Morgan fingerprint density at radius 3 is 2.43 bits per heavy atom. The minimum Gasteiger partial charge on any atom is -0.385 e. The van der Waals surface area contributed by atoms with E-state index < -0.39 is 5.60 Å². The molecule has 1 aromatic carbocycles. The van der Waals surface area contributed by atoms with E-state index in [0.717, 1.165) is 10.0 Å². The van der Waals surface area contributed by atoms with Gasteiger partial charge in [-0.05, 0) is 17.7 Å². The molecular formula is C11H13BrO2. The molecule has 0 saturated heterocycles. The second-order valence-electron chi connectivity index (χ2n) is 3.80. The average molecular weight is 257 g/mol. The Bertz CT molecular complexity index is 315. The van der Waals surface area contributed by atoms with Crippen molar-refractivity contribution < 1.29 is 9.84 Å². The Morgan fingerprint density at radius 2 is 1.93 bits per heavy atom. The number of benzene rings is 1. The highest BCUT2D eigenvalue weighted by Gasteiger charge is 2.44. The van der Waals surface area contributed by atoms with Gasteiger partial charge < -0.3 is 9.84 Å². The molecule has 1 saturated carbocycles. The van der Waals surface area contributed by atoms with Crippen molar-refractivity contribution in [2.24, 2.45) is 0 Å². The van der Waals surface area contributed by atoms with E-state index in [1.807, 2.05) is 24.3 Å².